The molecule has 33 heavy (non-hydrogen) atoms. The Balaban J connectivity index is 1.83. The molecule has 194 valence electrons. The van der Waals surface area contributed by atoms with Crippen molar-refractivity contribution in [1.82, 2.24) is 0 Å². The number of hydrogen-bond acceptors (Lipinski definition) is 15. The Labute approximate surface area is 187 Å². The molecule has 3 heterocycles. The van der Waals surface area contributed by atoms with Crippen LogP contribution in [0.15, 0.2) is 0 Å². The fourth-order valence-electron chi connectivity index (χ4n) is 3.97. The third-order valence-corrected chi connectivity index (χ3v) is 6.06. The summed E-state index contributed by atoms with van der Waals surface area (Å²) in [4.78, 5) is 0. The van der Waals surface area contributed by atoms with Crippen LogP contribution in [0, 0.1) is 0 Å². The Kier molecular flexibility index (Phi) is 8.99. The highest BCUT2D eigenvalue weighted by atomic mass is 16.8. The van der Waals surface area contributed by atoms with Gasteiger partial charge in [-0.1, -0.05) is 0 Å². The second kappa shape index (κ2) is 11.0. The van der Waals surface area contributed by atoms with Gasteiger partial charge in [-0.05, 0) is 6.92 Å². The highest BCUT2D eigenvalue weighted by Gasteiger charge is 2.53. The van der Waals surface area contributed by atoms with Crippen molar-refractivity contribution in [1.29, 1.82) is 0 Å². The van der Waals surface area contributed by atoms with Gasteiger partial charge in [-0.3, -0.25) is 0 Å². The number of ether oxygens (including phenoxy) is 5. The molecule has 10 N–H and O–H groups in total. The van der Waals surface area contributed by atoms with E-state index in [1.807, 2.05) is 0 Å². The van der Waals surface area contributed by atoms with E-state index < -0.39 is 105 Å². The van der Waals surface area contributed by atoms with Crippen molar-refractivity contribution in [3.63, 3.8) is 0 Å². The molecule has 0 bridgehead atoms. The number of rotatable bonds is 6. The average molecular weight is 488 g/mol. The molecular weight excluding hydrogens is 456 g/mol. The molecule has 3 aliphatic rings. The summed E-state index contributed by atoms with van der Waals surface area (Å²) >= 11 is 0. The largest absolute Gasteiger partial charge is 0.394 e. The summed E-state index contributed by atoms with van der Waals surface area (Å²) in [5.41, 5.74) is 0. The lowest BCUT2D eigenvalue weighted by molar-refractivity contribution is -0.386. The monoisotopic (exact) mass is 488 g/mol. The molecule has 0 radical (unpaired) electrons. The second-order valence-electron chi connectivity index (χ2n) is 8.32. The van der Waals surface area contributed by atoms with Gasteiger partial charge in [0.15, 0.2) is 18.9 Å². The Morgan fingerprint density at radius 3 is 1.73 bits per heavy atom. The van der Waals surface area contributed by atoms with Crippen LogP contribution in [0.3, 0.4) is 0 Å². The third kappa shape index (κ3) is 5.32. The van der Waals surface area contributed by atoms with E-state index in [9.17, 15) is 51.1 Å². The molecule has 0 spiro atoms. The van der Waals surface area contributed by atoms with Crippen molar-refractivity contribution >= 4 is 0 Å². The number of aliphatic hydroxyl groups excluding tert-OH is 10. The first-order valence-electron chi connectivity index (χ1n) is 10.4. The first-order chi connectivity index (χ1) is 15.5. The molecule has 0 saturated carbocycles. The summed E-state index contributed by atoms with van der Waals surface area (Å²) in [6.45, 7) is -0.118. The van der Waals surface area contributed by atoms with Crippen molar-refractivity contribution in [2.24, 2.45) is 0 Å². The summed E-state index contributed by atoms with van der Waals surface area (Å²) in [5.74, 6) is 0. The predicted octanol–water partition coefficient (Wildman–Crippen LogP) is -6.55. The molecule has 15 heteroatoms. The van der Waals surface area contributed by atoms with Gasteiger partial charge in [0.05, 0.1) is 19.3 Å². The summed E-state index contributed by atoms with van der Waals surface area (Å²) in [6, 6.07) is 0. The maximum absolute atomic E-state index is 10.6. The maximum Gasteiger partial charge on any atom is 0.187 e. The van der Waals surface area contributed by atoms with Crippen LogP contribution in [-0.2, 0) is 23.7 Å². The van der Waals surface area contributed by atoms with Crippen LogP contribution in [0.25, 0.3) is 0 Å². The fraction of sp³-hybridized carbons (Fsp3) is 1.00. The van der Waals surface area contributed by atoms with Crippen LogP contribution in [0.1, 0.15) is 6.92 Å². The number of aliphatic hydroxyl groups is 10. The molecule has 15 atom stereocenters. The van der Waals surface area contributed by atoms with E-state index in [2.05, 4.69) is 0 Å². The summed E-state index contributed by atoms with van der Waals surface area (Å²) in [5, 5.41) is 100. The standard InChI is InChI=1S/C18H32O15/c1-4-7(21)10(24)12(26)17(29-4)33-15-11(25)8(22)5(2-19)31-18(15)32-14-9(23)6(3-20)30-16(28)13(14)27/h4-28H,2-3H2,1H3/t4-,5+,6+,7+,8-,9+,10+,11-,12-,13+,14-,15+,16?,17-,18-/m0/s1. The molecule has 0 amide bonds. The Morgan fingerprint density at radius 2 is 1.12 bits per heavy atom. The number of hydrogen-bond donors (Lipinski definition) is 10. The lowest BCUT2D eigenvalue weighted by atomic mass is 9.96. The van der Waals surface area contributed by atoms with E-state index in [0.29, 0.717) is 0 Å². The van der Waals surface area contributed by atoms with Crippen molar-refractivity contribution in [2.75, 3.05) is 13.2 Å². The first kappa shape index (κ1) is 27.0. The molecule has 0 aromatic rings. The minimum Gasteiger partial charge on any atom is -0.394 e. The summed E-state index contributed by atoms with van der Waals surface area (Å²) < 4.78 is 26.7. The molecule has 3 saturated heterocycles. The molecule has 15 nitrogen and oxygen atoms in total. The zero-order chi connectivity index (χ0) is 24.6. The van der Waals surface area contributed by atoms with Crippen molar-refractivity contribution < 1.29 is 74.7 Å². The van der Waals surface area contributed by atoms with Crippen LogP contribution < -0.4 is 0 Å². The van der Waals surface area contributed by atoms with Crippen LogP contribution in [0.5, 0.6) is 0 Å². The van der Waals surface area contributed by atoms with Gasteiger partial charge in [0, 0.05) is 0 Å². The lowest BCUT2D eigenvalue weighted by Crippen LogP contribution is -2.66. The Bertz CT molecular complexity index is 626. The highest BCUT2D eigenvalue weighted by Crippen LogP contribution is 2.32. The average Bonchev–Trinajstić information content (AvgIpc) is 2.79. The Morgan fingerprint density at radius 1 is 0.545 bits per heavy atom. The smallest absolute Gasteiger partial charge is 0.187 e. The molecule has 3 aliphatic heterocycles. The fourth-order valence-corrected chi connectivity index (χ4v) is 3.97. The SMILES string of the molecule is C[C@@H]1O[C@@H](O[C@H]2[C@H](O[C@H]3[C@H](O)[C@@H](CO)OC(O)[C@@H]3O)O[C@H](CO)[C@H](O)[C@@H]2O)[C@@H](O)[C@H](O)[C@@H]1O. The van der Waals surface area contributed by atoms with E-state index >= 15 is 0 Å². The maximum atomic E-state index is 10.6. The summed E-state index contributed by atoms with van der Waals surface area (Å²) in [7, 11) is 0. The lowest BCUT2D eigenvalue weighted by Gasteiger charge is -2.48. The third-order valence-electron chi connectivity index (χ3n) is 6.06. The highest BCUT2D eigenvalue weighted by molar-refractivity contribution is 4.95. The molecule has 1 unspecified atom stereocenters. The molecular formula is C18H32O15. The van der Waals surface area contributed by atoms with Gasteiger partial charge in [0.25, 0.3) is 0 Å². The van der Waals surface area contributed by atoms with Gasteiger partial charge in [-0.25, -0.2) is 0 Å². The molecule has 0 aliphatic carbocycles. The van der Waals surface area contributed by atoms with Gasteiger partial charge in [-0.15, -0.1) is 0 Å². The van der Waals surface area contributed by atoms with Crippen LogP contribution in [-0.4, -0.2) is 156 Å². The van der Waals surface area contributed by atoms with Gasteiger partial charge >= 0.3 is 0 Å². The Hall–Kier alpha value is -0.600. The van der Waals surface area contributed by atoms with E-state index in [1.54, 1.807) is 0 Å². The van der Waals surface area contributed by atoms with Gasteiger partial charge in [-0.2, -0.15) is 0 Å². The quantitative estimate of drug-likeness (QED) is 0.167. The molecule has 3 fully saturated rings. The summed E-state index contributed by atoms with van der Waals surface area (Å²) in [6.07, 6.45) is -24.2. The molecule has 0 aromatic heterocycles. The topological polar surface area (TPSA) is 248 Å². The van der Waals surface area contributed by atoms with E-state index in [-0.39, 0.29) is 0 Å². The minimum absolute atomic E-state index is 0.739. The minimum atomic E-state index is -1.86. The van der Waals surface area contributed by atoms with Crippen molar-refractivity contribution in [3.8, 4) is 0 Å². The van der Waals surface area contributed by atoms with Crippen LogP contribution in [0.4, 0.5) is 0 Å². The van der Waals surface area contributed by atoms with Gasteiger partial charge < -0.3 is 74.7 Å². The van der Waals surface area contributed by atoms with E-state index in [0.717, 1.165) is 0 Å². The zero-order valence-corrected chi connectivity index (χ0v) is 17.6. The molecule has 0 aromatic carbocycles. The van der Waals surface area contributed by atoms with Crippen molar-refractivity contribution in [2.45, 2.75) is 99.0 Å². The zero-order valence-electron chi connectivity index (χ0n) is 17.6. The van der Waals surface area contributed by atoms with Gasteiger partial charge in [0.2, 0.25) is 0 Å². The van der Waals surface area contributed by atoms with E-state index in [4.69, 9.17) is 23.7 Å². The van der Waals surface area contributed by atoms with Crippen LogP contribution >= 0.6 is 0 Å². The van der Waals surface area contributed by atoms with Gasteiger partial charge in [0.1, 0.15) is 67.1 Å². The van der Waals surface area contributed by atoms with Crippen LogP contribution in [0.2, 0.25) is 0 Å². The van der Waals surface area contributed by atoms with E-state index in [1.165, 1.54) is 6.92 Å². The normalized spacial score (nSPS) is 53.7. The predicted molar refractivity (Wildman–Crippen MR) is 99.8 cm³/mol. The molecule has 3 rings (SSSR count). The second-order valence-corrected chi connectivity index (χ2v) is 8.32. The first-order valence-corrected chi connectivity index (χ1v) is 10.4. The van der Waals surface area contributed by atoms with Crippen molar-refractivity contribution in [3.05, 3.63) is 0 Å².